The van der Waals surface area contributed by atoms with Gasteiger partial charge in [0.05, 0.1) is 0 Å². The molecule has 0 atom stereocenters. The van der Waals surface area contributed by atoms with Crippen molar-refractivity contribution in [2.24, 2.45) is 0 Å². The zero-order chi connectivity index (χ0) is 14.9. The van der Waals surface area contributed by atoms with Crippen molar-refractivity contribution in [2.75, 3.05) is 0 Å². The highest BCUT2D eigenvalue weighted by Gasteiger charge is 2.13. The number of hydrogen-bond acceptors (Lipinski definition) is 4. The fourth-order valence-electron chi connectivity index (χ4n) is 2.51. The lowest BCUT2D eigenvalue weighted by molar-refractivity contribution is 0.432. The number of benzene rings is 3. The molecule has 1 heterocycles. The lowest BCUT2D eigenvalue weighted by Gasteiger charge is -2.01. The van der Waals surface area contributed by atoms with Gasteiger partial charge in [-0.3, -0.25) is 0 Å². The summed E-state index contributed by atoms with van der Waals surface area (Å²) in [7, 11) is 0. The van der Waals surface area contributed by atoms with Crippen LogP contribution in [0.25, 0.3) is 33.6 Å². The minimum absolute atomic E-state index is 0.175. The van der Waals surface area contributed by atoms with E-state index in [9.17, 15) is 5.11 Å². The molecule has 0 radical (unpaired) electrons. The Labute approximate surface area is 126 Å². The van der Waals surface area contributed by atoms with Crippen LogP contribution >= 0.6 is 0 Å². The molecule has 0 unspecified atom stereocenters. The van der Waals surface area contributed by atoms with Crippen LogP contribution in [0.1, 0.15) is 0 Å². The van der Waals surface area contributed by atoms with Gasteiger partial charge in [-0.2, -0.15) is 4.98 Å². The van der Waals surface area contributed by atoms with Crippen LogP contribution in [-0.4, -0.2) is 15.2 Å². The number of phenolic OH excluding ortho intramolecular Hbond substituents is 1. The van der Waals surface area contributed by atoms with Gasteiger partial charge in [-0.05, 0) is 29.0 Å². The molecular formula is C18H12N2O2. The van der Waals surface area contributed by atoms with E-state index in [-0.39, 0.29) is 5.75 Å². The quantitative estimate of drug-likeness (QED) is 0.598. The Morgan fingerprint density at radius 2 is 1.68 bits per heavy atom. The third-order valence-electron chi connectivity index (χ3n) is 3.55. The van der Waals surface area contributed by atoms with Gasteiger partial charge in [0.1, 0.15) is 5.75 Å². The second-order valence-electron chi connectivity index (χ2n) is 5.00. The summed E-state index contributed by atoms with van der Waals surface area (Å²) in [6, 6.07) is 20.8. The standard InChI is InChI=1S/C18H12N2O2/c21-14-8-3-7-13(11-14)17-19-18(22-20-17)16-10-4-6-12-5-1-2-9-15(12)16/h1-11,21H. The van der Waals surface area contributed by atoms with Crippen LogP contribution in [0.2, 0.25) is 0 Å². The van der Waals surface area contributed by atoms with Crippen molar-refractivity contribution in [1.82, 2.24) is 10.1 Å². The summed E-state index contributed by atoms with van der Waals surface area (Å²) in [5.74, 6) is 1.10. The van der Waals surface area contributed by atoms with Gasteiger partial charge in [0.25, 0.3) is 5.89 Å². The predicted molar refractivity (Wildman–Crippen MR) is 84.3 cm³/mol. The van der Waals surface area contributed by atoms with Gasteiger partial charge in [0, 0.05) is 11.1 Å². The second-order valence-corrected chi connectivity index (χ2v) is 5.00. The van der Waals surface area contributed by atoms with E-state index in [0.29, 0.717) is 11.7 Å². The van der Waals surface area contributed by atoms with Gasteiger partial charge >= 0.3 is 0 Å². The Balaban J connectivity index is 1.84. The van der Waals surface area contributed by atoms with Gasteiger partial charge in [0.2, 0.25) is 5.82 Å². The van der Waals surface area contributed by atoms with Crippen molar-refractivity contribution in [3.8, 4) is 28.6 Å². The van der Waals surface area contributed by atoms with Crippen LogP contribution in [0.5, 0.6) is 5.75 Å². The first-order chi connectivity index (χ1) is 10.8. The summed E-state index contributed by atoms with van der Waals surface area (Å²) in [4.78, 5) is 4.45. The zero-order valence-electron chi connectivity index (χ0n) is 11.6. The summed E-state index contributed by atoms with van der Waals surface area (Å²) in [5.41, 5.74) is 1.62. The third kappa shape index (κ3) is 2.11. The van der Waals surface area contributed by atoms with Crippen LogP contribution < -0.4 is 0 Å². The molecule has 0 aliphatic carbocycles. The number of aromatic nitrogens is 2. The predicted octanol–water partition coefficient (Wildman–Crippen LogP) is 4.26. The van der Waals surface area contributed by atoms with Crippen molar-refractivity contribution in [3.63, 3.8) is 0 Å². The average molecular weight is 288 g/mol. The number of rotatable bonds is 2. The summed E-state index contributed by atoms with van der Waals surface area (Å²) < 4.78 is 5.41. The zero-order valence-corrected chi connectivity index (χ0v) is 11.6. The Morgan fingerprint density at radius 3 is 2.59 bits per heavy atom. The molecule has 0 saturated heterocycles. The Hall–Kier alpha value is -3.14. The maximum atomic E-state index is 9.55. The highest BCUT2D eigenvalue weighted by molar-refractivity contribution is 5.94. The lowest BCUT2D eigenvalue weighted by Crippen LogP contribution is -1.82. The molecule has 0 saturated carbocycles. The lowest BCUT2D eigenvalue weighted by atomic mass is 10.0. The summed E-state index contributed by atoms with van der Waals surface area (Å²) >= 11 is 0. The Kier molecular flexibility index (Phi) is 2.86. The number of phenols is 1. The van der Waals surface area contributed by atoms with Crippen LogP contribution in [-0.2, 0) is 0 Å². The summed E-state index contributed by atoms with van der Waals surface area (Å²) in [6.45, 7) is 0. The van der Waals surface area contributed by atoms with Crippen LogP contribution in [0.3, 0.4) is 0 Å². The SMILES string of the molecule is Oc1cccc(-c2noc(-c3cccc4ccccc34)n2)c1. The first-order valence-electron chi connectivity index (χ1n) is 6.92. The van der Waals surface area contributed by atoms with E-state index in [1.807, 2.05) is 48.5 Å². The highest BCUT2D eigenvalue weighted by Crippen LogP contribution is 2.29. The summed E-state index contributed by atoms with van der Waals surface area (Å²) in [5, 5.41) is 15.8. The van der Waals surface area contributed by atoms with Crippen LogP contribution in [0, 0.1) is 0 Å². The highest BCUT2D eigenvalue weighted by atomic mass is 16.5. The molecule has 4 aromatic rings. The van der Waals surface area contributed by atoms with E-state index in [0.717, 1.165) is 21.9 Å². The van der Waals surface area contributed by atoms with E-state index >= 15 is 0 Å². The van der Waals surface area contributed by atoms with Gasteiger partial charge in [-0.1, -0.05) is 53.7 Å². The molecule has 0 spiro atoms. The van der Waals surface area contributed by atoms with Gasteiger partial charge in [-0.25, -0.2) is 0 Å². The fraction of sp³-hybridized carbons (Fsp3) is 0. The maximum absolute atomic E-state index is 9.55. The molecular weight excluding hydrogens is 276 g/mol. The molecule has 1 N–H and O–H groups in total. The Bertz CT molecular complexity index is 955. The first-order valence-corrected chi connectivity index (χ1v) is 6.92. The van der Waals surface area contributed by atoms with Crippen molar-refractivity contribution in [1.29, 1.82) is 0 Å². The largest absolute Gasteiger partial charge is 0.508 e. The first kappa shape index (κ1) is 12.6. The molecule has 0 bridgehead atoms. The monoisotopic (exact) mass is 288 g/mol. The van der Waals surface area contributed by atoms with E-state index in [1.165, 1.54) is 0 Å². The van der Waals surface area contributed by atoms with Crippen molar-refractivity contribution in [2.45, 2.75) is 0 Å². The maximum Gasteiger partial charge on any atom is 0.258 e. The minimum atomic E-state index is 0.175. The molecule has 0 amide bonds. The van der Waals surface area contributed by atoms with Gasteiger partial charge < -0.3 is 9.63 Å². The number of nitrogens with zero attached hydrogens (tertiary/aromatic N) is 2. The molecule has 4 heteroatoms. The smallest absolute Gasteiger partial charge is 0.258 e. The number of hydrogen-bond donors (Lipinski definition) is 1. The second kappa shape index (κ2) is 5.00. The van der Waals surface area contributed by atoms with Gasteiger partial charge in [0.15, 0.2) is 0 Å². The molecule has 4 nitrogen and oxygen atoms in total. The van der Waals surface area contributed by atoms with E-state index in [1.54, 1.807) is 18.2 Å². The Morgan fingerprint density at radius 1 is 0.864 bits per heavy atom. The molecule has 1 aromatic heterocycles. The van der Waals surface area contributed by atoms with Crippen molar-refractivity contribution >= 4 is 10.8 Å². The third-order valence-corrected chi connectivity index (χ3v) is 3.55. The molecule has 22 heavy (non-hydrogen) atoms. The van der Waals surface area contributed by atoms with Crippen molar-refractivity contribution < 1.29 is 9.63 Å². The summed E-state index contributed by atoms with van der Waals surface area (Å²) in [6.07, 6.45) is 0. The van der Waals surface area contributed by atoms with E-state index in [2.05, 4.69) is 10.1 Å². The van der Waals surface area contributed by atoms with E-state index < -0.39 is 0 Å². The normalized spacial score (nSPS) is 10.9. The fourth-order valence-corrected chi connectivity index (χ4v) is 2.51. The van der Waals surface area contributed by atoms with Gasteiger partial charge in [-0.15, -0.1) is 0 Å². The number of aromatic hydroxyl groups is 1. The molecule has 0 fully saturated rings. The molecule has 0 aliphatic rings. The molecule has 106 valence electrons. The van der Waals surface area contributed by atoms with Crippen LogP contribution in [0.4, 0.5) is 0 Å². The van der Waals surface area contributed by atoms with Crippen molar-refractivity contribution in [3.05, 3.63) is 66.7 Å². The number of fused-ring (bicyclic) bond motifs is 1. The topological polar surface area (TPSA) is 59.2 Å². The van der Waals surface area contributed by atoms with E-state index in [4.69, 9.17) is 4.52 Å². The van der Waals surface area contributed by atoms with Crippen LogP contribution in [0.15, 0.2) is 71.3 Å². The average Bonchev–Trinajstić information content (AvgIpc) is 3.04. The minimum Gasteiger partial charge on any atom is -0.508 e. The molecule has 4 rings (SSSR count). The molecule has 3 aromatic carbocycles. The molecule has 0 aliphatic heterocycles.